The monoisotopic (exact) mass is 227 g/mol. The third kappa shape index (κ3) is 2.33. The van der Waals surface area contributed by atoms with Crippen LogP contribution in [-0.2, 0) is 0 Å². The fraction of sp³-hybridized carbons (Fsp3) is 0.636. The summed E-state index contributed by atoms with van der Waals surface area (Å²) >= 11 is 4.01. The van der Waals surface area contributed by atoms with Crippen molar-refractivity contribution in [1.29, 1.82) is 0 Å². The van der Waals surface area contributed by atoms with Crippen LogP contribution in [0, 0.1) is 6.92 Å². The van der Waals surface area contributed by atoms with E-state index in [-0.39, 0.29) is 0 Å². The Morgan fingerprint density at radius 2 is 2.29 bits per heavy atom. The molecule has 2 atom stereocenters. The quantitative estimate of drug-likeness (QED) is 0.832. The normalized spacial score (nSPS) is 27.9. The summed E-state index contributed by atoms with van der Waals surface area (Å²) in [5.41, 5.74) is 0. The Morgan fingerprint density at radius 1 is 1.43 bits per heavy atom. The molecule has 3 heteroatoms. The van der Waals surface area contributed by atoms with E-state index in [1.54, 1.807) is 0 Å². The van der Waals surface area contributed by atoms with Crippen molar-refractivity contribution in [2.75, 3.05) is 11.5 Å². The molecule has 1 aromatic heterocycles. The molecule has 78 valence electrons. The molecule has 1 fully saturated rings. The maximum absolute atomic E-state index is 3.72. The third-order valence-corrected chi connectivity index (χ3v) is 4.96. The predicted molar refractivity (Wildman–Crippen MR) is 66.3 cm³/mol. The molecule has 0 aromatic carbocycles. The van der Waals surface area contributed by atoms with Crippen LogP contribution in [0.25, 0.3) is 0 Å². The van der Waals surface area contributed by atoms with E-state index in [1.807, 2.05) is 11.3 Å². The summed E-state index contributed by atoms with van der Waals surface area (Å²) in [7, 11) is 0. The van der Waals surface area contributed by atoms with Gasteiger partial charge < -0.3 is 5.32 Å². The minimum atomic E-state index is 0.595. The molecule has 0 radical (unpaired) electrons. The molecular formula is C11H17NS2. The molecule has 2 unspecified atom stereocenters. The molecule has 0 spiro atoms. The number of thiophene rings is 1. The summed E-state index contributed by atoms with van der Waals surface area (Å²) in [6, 6.07) is 5.80. The molecule has 2 heterocycles. The molecule has 1 aliphatic heterocycles. The van der Waals surface area contributed by atoms with Gasteiger partial charge in [-0.2, -0.15) is 11.8 Å². The molecule has 0 bridgehead atoms. The van der Waals surface area contributed by atoms with E-state index in [0.29, 0.717) is 12.1 Å². The number of hydrogen-bond donors (Lipinski definition) is 1. The van der Waals surface area contributed by atoms with E-state index < -0.39 is 0 Å². The summed E-state index contributed by atoms with van der Waals surface area (Å²) in [5.74, 6) is 2.51. The highest BCUT2D eigenvalue weighted by molar-refractivity contribution is 7.99. The zero-order valence-electron chi connectivity index (χ0n) is 8.75. The van der Waals surface area contributed by atoms with Gasteiger partial charge in [-0.15, -0.1) is 11.3 Å². The fourth-order valence-electron chi connectivity index (χ4n) is 1.75. The molecule has 1 aliphatic rings. The molecule has 1 N–H and O–H groups in total. The average Bonchev–Trinajstić information content (AvgIpc) is 2.65. The highest BCUT2D eigenvalue weighted by atomic mass is 32.2. The average molecular weight is 227 g/mol. The second kappa shape index (κ2) is 4.69. The lowest BCUT2D eigenvalue weighted by Gasteiger charge is -2.29. The van der Waals surface area contributed by atoms with Gasteiger partial charge >= 0.3 is 0 Å². The highest BCUT2D eigenvalue weighted by Crippen LogP contribution is 2.29. The van der Waals surface area contributed by atoms with Gasteiger partial charge in [0.05, 0.1) is 6.04 Å². The molecule has 0 aliphatic carbocycles. The second-order valence-corrected chi connectivity index (χ2v) is 6.20. The SMILES string of the molecule is CCC1CSCC(c2ccc(C)s2)N1. The Labute approximate surface area is 94.3 Å². The summed E-state index contributed by atoms with van der Waals surface area (Å²) in [4.78, 5) is 2.93. The molecular weight excluding hydrogens is 210 g/mol. The maximum Gasteiger partial charge on any atom is 0.0509 e. The van der Waals surface area contributed by atoms with E-state index >= 15 is 0 Å². The van der Waals surface area contributed by atoms with Crippen LogP contribution in [0.3, 0.4) is 0 Å². The smallest absolute Gasteiger partial charge is 0.0509 e. The lowest BCUT2D eigenvalue weighted by atomic mass is 10.2. The Balaban J connectivity index is 2.04. The number of hydrogen-bond acceptors (Lipinski definition) is 3. The minimum Gasteiger partial charge on any atom is -0.305 e. The van der Waals surface area contributed by atoms with Crippen molar-refractivity contribution >= 4 is 23.1 Å². The third-order valence-electron chi connectivity index (χ3n) is 2.64. The van der Waals surface area contributed by atoms with Crippen molar-refractivity contribution in [2.45, 2.75) is 32.4 Å². The van der Waals surface area contributed by atoms with Crippen molar-refractivity contribution in [3.05, 3.63) is 21.9 Å². The molecule has 14 heavy (non-hydrogen) atoms. The van der Waals surface area contributed by atoms with Crippen LogP contribution >= 0.6 is 23.1 Å². The van der Waals surface area contributed by atoms with Crippen LogP contribution in [-0.4, -0.2) is 17.5 Å². The van der Waals surface area contributed by atoms with Crippen LogP contribution < -0.4 is 5.32 Å². The number of nitrogens with one attached hydrogen (secondary N) is 1. The second-order valence-electron chi connectivity index (χ2n) is 3.81. The fourth-order valence-corrected chi connectivity index (χ4v) is 4.06. The van der Waals surface area contributed by atoms with Crippen molar-refractivity contribution in [1.82, 2.24) is 5.32 Å². The summed E-state index contributed by atoms with van der Waals surface area (Å²) in [6.45, 7) is 4.45. The highest BCUT2D eigenvalue weighted by Gasteiger charge is 2.22. The summed E-state index contributed by atoms with van der Waals surface area (Å²) in [6.07, 6.45) is 1.24. The van der Waals surface area contributed by atoms with Gasteiger partial charge in [-0.3, -0.25) is 0 Å². The first-order valence-electron chi connectivity index (χ1n) is 5.19. The van der Waals surface area contributed by atoms with E-state index in [9.17, 15) is 0 Å². The van der Waals surface area contributed by atoms with Gasteiger partial charge in [0.15, 0.2) is 0 Å². The van der Waals surface area contributed by atoms with E-state index in [4.69, 9.17) is 0 Å². The van der Waals surface area contributed by atoms with Gasteiger partial charge in [0, 0.05) is 27.3 Å². The van der Waals surface area contributed by atoms with Crippen LogP contribution in [0.15, 0.2) is 12.1 Å². The van der Waals surface area contributed by atoms with Crippen molar-refractivity contribution in [3.63, 3.8) is 0 Å². The first-order valence-corrected chi connectivity index (χ1v) is 7.17. The van der Waals surface area contributed by atoms with Crippen molar-refractivity contribution < 1.29 is 0 Å². The Hall–Kier alpha value is 0.01000. The summed E-state index contributed by atoms with van der Waals surface area (Å²) < 4.78 is 0. The maximum atomic E-state index is 3.72. The standard InChI is InChI=1S/C11H17NS2/c1-3-9-6-13-7-10(12-9)11-5-4-8(2)14-11/h4-5,9-10,12H,3,6-7H2,1-2H3. The van der Waals surface area contributed by atoms with E-state index in [1.165, 1.54) is 27.7 Å². The van der Waals surface area contributed by atoms with Crippen molar-refractivity contribution in [3.8, 4) is 0 Å². The van der Waals surface area contributed by atoms with Gasteiger partial charge in [0.2, 0.25) is 0 Å². The molecule has 2 rings (SSSR count). The number of aryl methyl sites for hydroxylation is 1. The lowest BCUT2D eigenvalue weighted by Crippen LogP contribution is -2.39. The predicted octanol–water partition coefficient (Wildman–Crippen LogP) is 3.21. The number of rotatable bonds is 2. The van der Waals surface area contributed by atoms with E-state index in [2.05, 4.69) is 43.1 Å². The molecule has 1 nitrogen and oxygen atoms in total. The minimum absolute atomic E-state index is 0.595. The molecule has 0 amide bonds. The van der Waals surface area contributed by atoms with Gasteiger partial charge in [0.25, 0.3) is 0 Å². The van der Waals surface area contributed by atoms with Crippen LogP contribution in [0.5, 0.6) is 0 Å². The Kier molecular flexibility index (Phi) is 3.52. The molecule has 1 saturated heterocycles. The molecule has 0 saturated carbocycles. The van der Waals surface area contributed by atoms with Gasteiger partial charge in [0.1, 0.15) is 0 Å². The largest absolute Gasteiger partial charge is 0.305 e. The van der Waals surface area contributed by atoms with Gasteiger partial charge in [-0.1, -0.05) is 6.92 Å². The molecule has 1 aromatic rings. The number of thioether (sulfide) groups is 1. The van der Waals surface area contributed by atoms with E-state index in [0.717, 1.165) is 0 Å². The topological polar surface area (TPSA) is 12.0 Å². The lowest BCUT2D eigenvalue weighted by molar-refractivity contribution is 0.470. The van der Waals surface area contributed by atoms with Crippen LogP contribution in [0.1, 0.15) is 29.1 Å². The summed E-state index contributed by atoms with van der Waals surface area (Å²) in [5, 5.41) is 3.72. The Morgan fingerprint density at radius 3 is 2.93 bits per heavy atom. The first kappa shape index (κ1) is 10.5. The first-order chi connectivity index (χ1) is 6.79. The van der Waals surface area contributed by atoms with Gasteiger partial charge in [-0.25, -0.2) is 0 Å². The Bertz CT molecular complexity index is 295. The van der Waals surface area contributed by atoms with Crippen LogP contribution in [0.2, 0.25) is 0 Å². The zero-order valence-corrected chi connectivity index (χ0v) is 10.4. The van der Waals surface area contributed by atoms with Gasteiger partial charge in [-0.05, 0) is 25.5 Å². The van der Waals surface area contributed by atoms with Crippen LogP contribution in [0.4, 0.5) is 0 Å². The van der Waals surface area contributed by atoms with Crippen molar-refractivity contribution in [2.24, 2.45) is 0 Å². The zero-order chi connectivity index (χ0) is 9.97.